The molecule has 0 spiro atoms. The molecular weight excluding hydrogens is 240 g/mol. The Morgan fingerprint density at radius 1 is 1.42 bits per heavy atom. The molecule has 1 amide bonds. The van der Waals surface area contributed by atoms with Gasteiger partial charge in [-0.15, -0.1) is 0 Å². The smallest absolute Gasteiger partial charge is 0.223 e. The van der Waals surface area contributed by atoms with Crippen LogP contribution in [0.5, 0.6) is 0 Å². The Labute approximate surface area is 114 Å². The monoisotopic (exact) mass is 264 g/mol. The molecule has 2 rings (SSSR count). The SMILES string of the molecule is CC(C)(CNC(=O)C1CCC(O)CC1)c1cc[nH]c1. The molecule has 1 aromatic rings. The number of hydrogen-bond donors (Lipinski definition) is 3. The number of hydrogen-bond acceptors (Lipinski definition) is 2. The highest BCUT2D eigenvalue weighted by molar-refractivity contribution is 5.78. The first-order valence-corrected chi connectivity index (χ1v) is 7.08. The van der Waals surface area contributed by atoms with E-state index in [1.807, 2.05) is 18.5 Å². The van der Waals surface area contributed by atoms with E-state index in [4.69, 9.17) is 0 Å². The third kappa shape index (κ3) is 3.60. The molecule has 0 atom stereocenters. The van der Waals surface area contributed by atoms with Crippen LogP contribution in [0.25, 0.3) is 0 Å². The number of aliphatic hydroxyl groups excluding tert-OH is 1. The molecule has 1 aliphatic rings. The molecule has 0 aromatic carbocycles. The fourth-order valence-corrected chi connectivity index (χ4v) is 2.64. The zero-order valence-corrected chi connectivity index (χ0v) is 11.8. The Morgan fingerprint density at radius 2 is 2.11 bits per heavy atom. The Balaban J connectivity index is 1.83. The van der Waals surface area contributed by atoms with Crippen molar-refractivity contribution in [2.45, 2.75) is 51.0 Å². The van der Waals surface area contributed by atoms with Gasteiger partial charge >= 0.3 is 0 Å². The van der Waals surface area contributed by atoms with Gasteiger partial charge in [0.1, 0.15) is 0 Å². The minimum atomic E-state index is -0.208. The van der Waals surface area contributed by atoms with Crippen LogP contribution in [0.4, 0.5) is 0 Å². The molecule has 0 saturated heterocycles. The average Bonchev–Trinajstić information content (AvgIpc) is 2.91. The van der Waals surface area contributed by atoms with Crippen LogP contribution >= 0.6 is 0 Å². The molecule has 1 fully saturated rings. The zero-order chi connectivity index (χ0) is 13.9. The van der Waals surface area contributed by atoms with E-state index in [-0.39, 0.29) is 23.3 Å². The molecule has 0 bridgehead atoms. The van der Waals surface area contributed by atoms with E-state index in [9.17, 15) is 9.90 Å². The van der Waals surface area contributed by atoms with Crippen molar-refractivity contribution in [2.24, 2.45) is 5.92 Å². The third-order valence-electron chi connectivity index (χ3n) is 4.15. The first kappa shape index (κ1) is 14.1. The van der Waals surface area contributed by atoms with Gasteiger partial charge in [0.25, 0.3) is 0 Å². The van der Waals surface area contributed by atoms with Crippen molar-refractivity contribution in [3.63, 3.8) is 0 Å². The molecule has 0 unspecified atom stereocenters. The van der Waals surface area contributed by atoms with Crippen LogP contribution in [-0.4, -0.2) is 28.6 Å². The number of carbonyl (C=O) groups is 1. The summed E-state index contributed by atoms with van der Waals surface area (Å²) >= 11 is 0. The van der Waals surface area contributed by atoms with Crippen LogP contribution in [0.3, 0.4) is 0 Å². The molecule has 1 aromatic heterocycles. The van der Waals surface area contributed by atoms with Gasteiger partial charge in [0.05, 0.1) is 6.10 Å². The summed E-state index contributed by atoms with van der Waals surface area (Å²) in [6.07, 6.45) is 6.78. The van der Waals surface area contributed by atoms with Gasteiger partial charge in [-0.05, 0) is 37.3 Å². The van der Waals surface area contributed by atoms with Gasteiger partial charge in [0.2, 0.25) is 5.91 Å². The molecule has 106 valence electrons. The van der Waals surface area contributed by atoms with E-state index in [2.05, 4.69) is 24.1 Å². The highest BCUT2D eigenvalue weighted by Gasteiger charge is 2.27. The van der Waals surface area contributed by atoms with Crippen LogP contribution in [0.2, 0.25) is 0 Å². The summed E-state index contributed by atoms with van der Waals surface area (Å²) in [5, 5.41) is 12.5. The van der Waals surface area contributed by atoms with E-state index < -0.39 is 0 Å². The quantitative estimate of drug-likeness (QED) is 0.778. The lowest BCUT2D eigenvalue weighted by molar-refractivity contribution is -0.126. The van der Waals surface area contributed by atoms with Gasteiger partial charge in [-0.3, -0.25) is 4.79 Å². The van der Waals surface area contributed by atoms with Crippen molar-refractivity contribution >= 4 is 5.91 Å². The molecular formula is C15H24N2O2. The minimum absolute atomic E-state index is 0.0656. The fourth-order valence-electron chi connectivity index (χ4n) is 2.64. The molecule has 3 N–H and O–H groups in total. The van der Waals surface area contributed by atoms with Crippen molar-refractivity contribution in [1.29, 1.82) is 0 Å². The molecule has 0 radical (unpaired) electrons. The zero-order valence-electron chi connectivity index (χ0n) is 11.8. The largest absolute Gasteiger partial charge is 0.393 e. The molecule has 1 aliphatic carbocycles. The molecule has 1 saturated carbocycles. The predicted molar refractivity (Wildman–Crippen MR) is 74.8 cm³/mol. The van der Waals surface area contributed by atoms with Crippen LogP contribution in [-0.2, 0) is 10.2 Å². The maximum Gasteiger partial charge on any atom is 0.223 e. The predicted octanol–water partition coefficient (Wildman–Crippen LogP) is 1.96. The van der Waals surface area contributed by atoms with E-state index in [1.54, 1.807) is 0 Å². The topological polar surface area (TPSA) is 65.1 Å². The summed E-state index contributed by atoms with van der Waals surface area (Å²) in [5.41, 5.74) is 1.14. The highest BCUT2D eigenvalue weighted by Crippen LogP contribution is 2.25. The number of rotatable bonds is 4. The van der Waals surface area contributed by atoms with Gasteiger partial charge < -0.3 is 15.4 Å². The normalized spacial score (nSPS) is 24.2. The Bertz CT molecular complexity index is 404. The van der Waals surface area contributed by atoms with Crippen molar-refractivity contribution in [2.75, 3.05) is 6.54 Å². The Morgan fingerprint density at radius 3 is 2.68 bits per heavy atom. The maximum absolute atomic E-state index is 12.1. The van der Waals surface area contributed by atoms with Crippen LogP contribution < -0.4 is 5.32 Å². The number of H-pyrrole nitrogens is 1. The van der Waals surface area contributed by atoms with Gasteiger partial charge in [-0.25, -0.2) is 0 Å². The highest BCUT2D eigenvalue weighted by atomic mass is 16.3. The second kappa shape index (κ2) is 5.78. The summed E-state index contributed by atoms with van der Waals surface area (Å²) in [4.78, 5) is 15.2. The number of amides is 1. The van der Waals surface area contributed by atoms with E-state index >= 15 is 0 Å². The number of carbonyl (C=O) groups excluding carboxylic acids is 1. The van der Waals surface area contributed by atoms with Crippen molar-refractivity contribution in [1.82, 2.24) is 10.3 Å². The van der Waals surface area contributed by atoms with Gasteiger partial charge in [-0.1, -0.05) is 13.8 Å². The Hall–Kier alpha value is -1.29. The molecule has 19 heavy (non-hydrogen) atoms. The minimum Gasteiger partial charge on any atom is -0.393 e. The second-order valence-corrected chi connectivity index (χ2v) is 6.21. The van der Waals surface area contributed by atoms with Crippen molar-refractivity contribution in [3.05, 3.63) is 24.0 Å². The first-order valence-electron chi connectivity index (χ1n) is 7.08. The standard InChI is InChI=1S/C15H24N2O2/c1-15(2,12-7-8-16-9-12)10-17-14(19)11-3-5-13(18)6-4-11/h7-9,11,13,16,18H,3-6,10H2,1-2H3,(H,17,19). The molecule has 4 heteroatoms. The maximum atomic E-state index is 12.1. The average molecular weight is 264 g/mol. The van der Waals surface area contributed by atoms with Gasteiger partial charge in [-0.2, -0.15) is 0 Å². The lowest BCUT2D eigenvalue weighted by Gasteiger charge is -2.28. The third-order valence-corrected chi connectivity index (χ3v) is 4.15. The van der Waals surface area contributed by atoms with Crippen LogP contribution in [0.15, 0.2) is 18.5 Å². The summed E-state index contributed by atoms with van der Waals surface area (Å²) < 4.78 is 0. The van der Waals surface area contributed by atoms with Crippen molar-refractivity contribution in [3.8, 4) is 0 Å². The summed E-state index contributed by atoms with van der Waals surface area (Å²) in [6, 6.07) is 2.04. The second-order valence-electron chi connectivity index (χ2n) is 6.21. The van der Waals surface area contributed by atoms with Crippen molar-refractivity contribution < 1.29 is 9.90 Å². The Kier molecular flexibility index (Phi) is 4.30. The lowest BCUT2D eigenvalue weighted by Crippen LogP contribution is -2.40. The van der Waals surface area contributed by atoms with Gasteiger partial charge in [0.15, 0.2) is 0 Å². The molecule has 4 nitrogen and oxygen atoms in total. The molecule has 0 aliphatic heterocycles. The number of aromatic amines is 1. The van der Waals surface area contributed by atoms with E-state index in [1.165, 1.54) is 5.56 Å². The lowest BCUT2D eigenvalue weighted by atomic mass is 9.84. The number of nitrogens with one attached hydrogen (secondary N) is 2. The number of aromatic nitrogens is 1. The van der Waals surface area contributed by atoms with E-state index in [0.717, 1.165) is 25.7 Å². The van der Waals surface area contributed by atoms with Gasteiger partial charge in [0, 0.05) is 30.3 Å². The summed E-state index contributed by atoms with van der Waals surface area (Å²) in [6.45, 7) is 4.89. The number of aliphatic hydroxyl groups is 1. The van der Waals surface area contributed by atoms with Crippen LogP contribution in [0.1, 0.15) is 45.1 Å². The molecule has 1 heterocycles. The van der Waals surface area contributed by atoms with Crippen LogP contribution in [0, 0.1) is 5.92 Å². The summed E-state index contributed by atoms with van der Waals surface area (Å²) in [5.74, 6) is 0.209. The summed E-state index contributed by atoms with van der Waals surface area (Å²) in [7, 11) is 0. The fraction of sp³-hybridized carbons (Fsp3) is 0.667. The first-order chi connectivity index (χ1) is 8.99. The van der Waals surface area contributed by atoms with E-state index in [0.29, 0.717) is 6.54 Å².